The van der Waals surface area contributed by atoms with Gasteiger partial charge in [-0.25, -0.2) is 17.9 Å². The van der Waals surface area contributed by atoms with Gasteiger partial charge in [0.2, 0.25) is 15.9 Å². The zero-order valence-electron chi connectivity index (χ0n) is 15.7. The Morgan fingerprint density at radius 1 is 1.20 bits per heavy atom. The number of nitrogens with two attached hydrogens (primary N) is 1. The molecule has 30 heavy (non-hydrogen) atoms. The van der Waals surface area contributed by atoms with Gasteiger partial charge in [0.25, 0.3) is 0 Å². The van der Waals surface area contributed by atoms with Crippen molar-refractivity contribution in [2.24, 2.45) is 5.14 Å². The number of amides is 1. The maximum Gasteiger partial charge on any atom is 0.238 e. The van der Waals surface area contributed by atoms with Gasteiger partial charge in [-0.15, -0.1) is 10.2 Å². The first-order valence-electron chi connectivity index (χ1n) is 9.08. The minimum atomic E-state index is -3.86. The smallest absolute Gasteiger partial charge is 0.238 e. The van der Waals surface area contributed by atoms with Crippen LogP contribution in [-0.4, -0.2) is 34.8 Å². The van der Waals surface area contributed by atoms with Crippen LogP contribution in [-0.2, 0) is 14.8 Å². The van der Waals surface area contributed by atoms with Gasteiger partial charge in [-0.1, -0.05) is 30.0 Å². The number of thioether (sulfide) groups is 1. The maximum absolute atomic E-state index is 14.2. The summed E-state index contributed by atoms with van der Waals surface area (Å²) in [6, 6.07) is 12.3. The third-order valence-electron chi connectivity index (χ3n) is 4.47. The van der Waals surface area contributed by atoms with Crippen molar-refractivity contribution in [1.82, 2.24) is 14.8 Å². The fraction of sp³-hybridized carbons (Fsp3) is 0.211. The largest absolute Gasteiger partial charge is 0.325 e. The Morgan fingerprint density at radius 3 is 2.67 bits per heavy atom. The Hall–Kier alpha value is -2.76. The highest BCUT2D eigenvalue weighted by Crippen LogP contribution is 2.41. The molecule has 0 radical (unpaired) electrons. The molecule has 1 fully saturated rings. The molecule has 4 rings (SSSR count). The number of hydrogen-bond donors (Lipinski definition) is 2. The van der Waals surface area contributed by atoms with Gasteiger partial charge in [0.05, 0.1) is 16.2 Å². The van der Waals surface area contributed by atoms with E-state index < -0.39 is 10.0 Å². The molecule has 1 aromatic heterocycles. The lowest BCUT2D eigenvalue weighted by atomic mass is 10.2. The second-order valence-corrected chi connectivity index (χ2v) is 9.30. The van der Waals surface area contributed by atoms with Crippen molar-refractivity contribution in [2.75, 3.05) is 11.1 Å². The van der Waals surface area contributed by atoms with E-state index in [2.05, 4.69) is 15.5 Å². The van der Waals surface area contributed by atoms with Crippen molar-refractivity contribution in [3.63, 3.8) is 0 Å². The lowest BCUT2D eigenvalue weighted by molar-refractivity contribution is -0.113. The van der Waals surface area contributed by atoms with Crippen LogP contribution in [0.3, 0.4) is 0 Å². The lowest BCUT2D eigenvalue weighted by Crippen LogP contribution is -2.16. The predicted molar refractivity (Wildman–Crippen MR) is 111 cm³/mol. The van der Waals surface area contributed by atoms with Crippen LogP contribution in [0, 0.1) is 5.82 Å². The number of rotatable bonds is 7. The minimum absolute atomic E-state index is 0.0295. The normalized spacial score (nSPS) is 13.9. The second-order valence-electron chi connectivity index (χ2n) is 6.80. The molecular formula is C19H18FN5O3S2. The van der Waals surface area contributed by atoms with Crippen molar-refractivity contribution in [3.05, 3.63) is 54.3 Å². The SMILES string of the molecule is NS(=O)(=O)c1cccc(NC(=O)CSc2nnc(-c3ccccc3F)n2C2CC2)c1. The van der Waals surface area contributed by atoms with E-state index in [1.807, 2.05) is 4.57 Å². The Labute approximate surface area is 176 Å². The molecule has 11 heteroatoms. The number of nitrogens with one attached hydrogen (secondary N) is 1. The van der Waals surface area contributed by atoms with Crippen LogP contribution in [0.5, 0.6) is 0 Å². The van der Waals surface area contributed by atoms with Crippen LogP contribution in [0.1, 0.15) is 18.9 Å². The number of carbonyl (C=O) groups is 1. The van der Waals surface area contributed by atoms with Gasteiger partial charge in [0.1, 0.15) is 5.82 Å². The highest BCUT2D eigenvalue weighted by atomic mass is 32.2. The predicted octanol–water partition coefficient (Wildman–Crippen LogP) is 2.80. The Bertz CT molecular complexity index is 1210. The van der Waals surface area contributed by atoms with E-state index in [9.17, 15) is 17.6 Å². The number of primary sulfonamides is 1. The second kappa shape index (κ2) is 8.17. The van der Waals surface area contributed by atoms with E-state index in [-0.39, 0.29) is 28.4 Å². The molecule has 1 aliphatic rings. The summed E-state index contributed by atoms with van der Waals surface area (Å²) in [5.41, 5.74) is 0.691. The summed E-state index contributed by atoms with van der Waals surface area (Å²) >= 11 is 1.19. The molecule has 3 N–H and O–H groups in total. The van der Waals surface area contributed by atoms with E-state index in [0.717, 1.165) is 12.8 Å². The molecular weight excluding hydrogens is 429 g/mol. The molecule has 1 aliphatic carbocycles. The zero-order valence-corrected chi connectivity index (χ0v) is 17.3. The summed E-state index contributed by atoms with van der Waals surface area (Å²) in [6.45, 7) is 0. The number of hydrogen-bond acceptors (Lipinski definition) is 6. The average molecular weight is 448 g/mol. The number of anilines is 1. The molecule has 0 spiro atoms. The summed E-state index contributed by atoms with van der Waals surface area (Å²) in [7, 11) is -3.86. The van der Waals surface area contributed by atoms with E-state index in [4.69, 9.17) is 5.14 Å². The van der Waals surface area contributed by atoms with Crippen molar-refractivity contribution in [2.45, 2.75) is 28.9 Å². The molecule has 8 nitrogen and oxygen atoms in total. The highest BCUT2D eigenvalue weighted by Gasteiger charge is 2.31. The first kappa shape index (κ1) is 20.5. The van der Waals surface area contributed by atoms with E-state index >= 15 is 0 Å². The highest BCUT2D eigenvalue weighted by molar-refractivity contribution is 7.99. The minimum Gasteiger partial charge on any atom is -0.325 e. The molecule has 1 heterocycles. The molecule has 1 saturated carbocycles. The quantitative estimate of drug-likeness (QED) is 0.538. The van der Waals surface area contributed by atoms with Crippen molar-refractivity contribution in [1.29, 1.82) is 0 Å². The fourth-order valence-corrected chi connectivity index (χ4v) is 4.31. The molecule has 1 amide bonds. The van der Waals surface area contributed by atoms with Gasteiger partial charge < -0.3 is 5.32 Å². The topological polar surface area (TPSA) is 120 Å². The van der Waals surface area contributed by atoms with E-state index in [1.165, 1.54) is 36.0 Å². The van der Waals surface area contributed by atoms with Crippen molar-refractivity contribution >= 4 is 33.4 Å². The summed E-state index contributed by atoms with van der Waals surface area (Å²) in [6.07, 6.45) is 1.89. The molecule has 0 saturated heterocycles. The number of benzene rings is 2. The van der Waals surface area contributed by atoms with Gasteiger partial charge in [-0.05, 0) is 43.2 Å². The van der Waals surface area contributed by atoms with Crippen molar-refractivity contribution in [3.8, 4) is 11.4 Å². The van der Waals surface area contributed by atoms with Gasteiger partial charge >= 0.3 is 0 Å². The van der Waals surface area contributed by atoms with Crippen LogP contribution < -0.4 is 10.5 Å². The molecule has 156 valence electrons. The van der Waals surface area contributed by atoms with Gasteiger partial charge in [-0.2, -0.15) is 0 Å². The van der Waals surface area contributed by atoms with Crippen LogP contribution in [0.25, 0.3) is 11.4 Å². The third-order valence-corrected chi connectivity index (χ3v) is 6.32. The van der Waals surface area contributed by atoms with Gasteiger partial charge in [0.15, 0.2) is 11.0 Å². The fourth-order valence-electron chi connectivity index (χ4n) is 2.94. The molecule has 0 atom stereocenters. The number of carbonyl (C=O) groups excluding carboxylic acids is 1. The van der Waals surface area contributed by atoms with Gasteiger partial charge in [0, 0.05) is 11.7 Å². The number of nitrogens with zero attached hydrogens (tertiary/aromatic N) is 3. The van der Waals surface area contributed by atoms with Crippen LogP contribution >= 0.6 is 11.8 Å². The number of sulfonamides is 1. The van der Waals surface area contributed by atoms with Crippen LogP contribution in [0.2, 0.25) is 0 Å². The molecule has 3 aromatic rings. The number of halogens is 1. The maximum atomic E-state index is 14.2. The first-order valence-corrected chi connectivity index (χ1v) is 11.6. The Kier molecular flexibility index (Phi) is 5.58. The molecule has 0 bridgehead atoms. The zero-order chi connectivity index (χ0) is 21.3. The van der Waals surface area contributed by atoms with Gasteiger partial charge in [-0.3, -0.25) is 9.36 Å². The van der Waals surface area contributed by atoms with E-state index in [1.54, 1.807) is 24.3 Å². The molecule has 0 unspecified atom stereocenters. The summed E-state index contributed by atoms with van der Waals surface area (Å²) < 4.78 is 39.0. The standard InChI is InChI=1S/C19H18FN5O3S2/c20-16-7-2-1-6-15(16)18-23-24-19(25(18)13-8-9-13)29-11-17(26)22-12-4-3-5-14(10-12)30(21,27)28/h1-7,10,13H,8-9,11H2,(H,22,26)(H2,21,27,28). The Balaban J connectivity index is 1.48. The lowest BCUT2D eigenvalue weighted by Gasteiger charge is -2.10. The summed E-state index contributed by atoms with van der Waals surface area (Å²) in [4.78, 5) is 12.3. The average Bonchev–Trinajstić information content (AvgIpc) is 3.46. The summed E-state index contributed by atoms with van der Waals surface area (Å²) in [5.74, 6) is -0.249. The Morgan fingerprint density at radius 2 is 1.97 bits per heavy atom. The van der Waals surface area contributed by atoms with Crippen LogP contribution in [0.15, 0.2) is 58.6 Å². The molecule has 2 aromatic carbocycles. The first-order chi connectivity index (χ1) is 14.3. The van der Waals surface area contributed by atoms with E-state index in [0.29, 0.717) is 22.2 Å². The number of aromatic nitrogens is 3. The van der Waals surface area contributed by atoms with Crippen molar-refractivity contribution < 1.29 is 17.6 Å². The van der Waals surface area contributed by atoms with Crippen LogP contribution in [0.4, 0.5) is 10.1 Å². The monoisotopic (exact) mass is 447 g/mol. The summed E-state index contributed by atoms with van der Waals surface area (Å²) in [5, 5.41) is 16.6. The molecule has 0 aliphatic heterocycles. The third kappa shape index (κ3) is 4.53.